The molecular weight excluding hydrogens is 198 g/mol. The maximum absolute atomic E-state index is 9.23. The Kier molecular flexibility index (Phi) is 4.35. The van der Waals surface area contributed by atoms with E-state index in [1.165, 1.54) is 0 Å². The van der Waals surface area contributed by atoms with Gasteiger partial charge >= 0.3 is 0 Å². The van der Waals surface area contributed by atoms with Crippen molar-refractivity contribution >= 4 is 0 Å². The highest BCUT2D eigenvalue weighted by atomic mass is 15.2. The van der Waals surface area contributed by atoms with E-state index in [1.54, 1.807) is 0 Å². The van der Waals surface area contributed by atoms with Gasteiger partial charge in [0.05, 0.1) is 6.07 Å². The Morgan fingerprint density at radius 3 is 2.44 bits per heavy atom. The Balaban J connectivity index is 2.63. The molecule has 0 spiro atoms. The summed E-state index contributed by atoms with van der Waals surface area (Å²) in [6, 6.07) is 3.57. The molecule has 3 atom stereocenters. The number of nitrogens with one attached hydrogen (secondary N) is 1. The normalized spacial score (nSPS) is 32.0. The summed E-state index contributed by atoms with van der Waals surface area (Å²) in [5.74, 6) is 0.664. The fraction of sp³-hybridized carbons (Fsp3) is 0.923. The molecule has 0 aromatic carbocycles. The predicted octanol–water partition coefficient (Wildman–Crippen LogP) is 2.00. The molecule has 0 aromatic rings. The zero-order chi connectivity index (χ0) is 12.3. The third-order valence-corrected chi connectivity index (χ3v) is 4.36. The van der Waals surface area contributed by atoms with Crippen LogP contribution in [0.4, 0.5) is 0 Å². The molecule has 92 valence electrons. The Bertz CT molecular complexity index is 269. The highest BCUT2D eigenvalue weighted by molar-refractivity contribution is 5.12. The van der Waals surface area contributed by atoms with Crippen molar-refractivity contribution in [3.8, 4) is 6.07 Å². The molecule has 0 aromatic heterocycles. The van der Waals surface area contributed by atoms with E-state index in [0.29, 0.717) is 18.0 Å². The van der Waals surface area contributed by atoms with Crippen molar-refractivity contribution < 1.29 is 0 Å². The van der Waals surface area contributed by atoms with Gasteiger partial charge in [0.25, 0.3) is 0 Å². The van der Waals surface area contributed by atoms with Gasteiger partial charge in [0.2, 0.25) is 0 Å². The van der Waals surface area contributed by atoms with E-state index in [9.17, 15) is 5.26 Å². The molecule has 3 unspecified atom stereocenters. The van der Waals surface area contributed by atoms with Gasteiger partial charge in [0.15, 0.2) is 0 Å². The zero-order valence-electron chi connectivity index (χ0n) is 11.2. The van der Waals surface area contributed by atoms with Gasteiger partial charge in [-0.1, -0.05) is 13.8 Å². The summed E-state index contributed by atoms with van der Waals surface area (Å²) in [5.41, 5.74) is -0.282. The van der Waals surface area contributed by atoms with Crippen LogP contribution < -0.4 is 5.32 Å². The summed E-state index contributed by atoms with van der Waals surface area (Å²) in [5, 5.41) is 12.4. The quantitative estimate of drug-likeness (QED) is 0.792. The predicted molar refractivity (Wildman–Crippen MR) is 67.1 cm³/mol. The van der Waals surface area contributed by atoms with E-state index in [-0.39, 0.29) is 5.54 Å². The summed E-state index contributed by atoms with van der Waals surface area (Å²) < 4.78 is 0. The molecule has 1 fully saturated rings. The summed E-state index contributed by atoms with van der Waals surface area (Å²) in [6.45, 7) is 6.79. The molecule has 0 amide bonds. The number of hydrogen-bond donors (Lipinski definition) is 1. The molecule has 3 nitrogen and oxygen atoms in total. The Morgan fingerprint density at radius 1 is 1.44 bits per heavy atom. The van der Waals surface area contributed by atoms with E-state index in [0.717, 1.165) is 19.3 Å². The standard InChI is InChI=1S/C13H25N3/c1-10(2)11(3)16(5)12-6-7-13(8-12,9-14)15-4/h10-12,15H,6-8H2,1-5H3. The van der Waals surface area contributed by atoms with Crippen LogP contribution >= 0.6 is 0 Å². The van der Waals surface area contributed by atoms with Crippen molar-refractivity contribution in [3.63, 3.8) is 0 Å². The van der Waals surface area contributed by atoms with Crippen molar-refractivity contribution in [2.75, 3.05) is 14.1 Å². The lowest BCUT2D eigenvalue weighted by Gasteiger charge is -2.33. The maximum Gasteiger partial charge on any atom is 0.108 e. The first-order chi connectivity index (χ1) is 7.45. The number of hydrogen-bond acceptors (Lipinski definition) is 3. The summed E-state index contributed by atoms with van der Waals surface area (Å²) >= 11 is 0. The zero-order valence-corrected chi connectivity index (χ0v) is 11.2. The summed E-state index contributed by atoms with van der Waals surface area (Å²) in [7, 11) is 4.09. The molecule has 1 N–H and O–H groups in total. The van der Waals surface area contributed by atoms with Crippen molar-refractivity contribution in [3.05, 3.63) is 0 Å². The summed E-state index contributed by atoms with van der Waals surface area (Å²) in [4.78, 5) is 2.45. The Hall–Kier alpha value is -0.590. The van der Waals surface area contributed by atoms with Crippen LogP contribution in [0, 0.1) is 17.2 Å². The first kappa shape index (κ1) is 13.5. The molecular formula is C13H25N3. The maximum atomic E-state index is 9.23. The van der Waals surface area contributed by atoms with E-state index in [4.69, 9.17) is 0 Å². The Morgan fingerprint density at radius 2 is 2.06 bits per heavy atom. The average molecular weight is 223 g/mol. The third-order valence-electron chi connectivity index (χ3n) is 4.36. The van der Waals surface area contributed by atoms with Crippen LogP contribution in [0.3, 0.4) is 0 Å². The summed E-state index contributed by atoms with van der Waals surface area (Å²) in [6.07, 6.45) is 3.05. The van der Waals surface area contributed by atoms with Gasteiger partial charge in [-0.05, 0) is 46.2 Å². The third kappa shape index (κ3) is 2.56. The van der Waals surface area contributed by atoms with E-state index in [2.05, 4.69) is 44.1 Å². The minimum atomic E-state index is -0.282. The minimum absolute atomic E-state index is 0.282. The van der Waals surface area contributed by atoms with Crippen molar-refractivity contribution in [1.29, 1.82) is 5.26 Å². The second-order valence-electron chi connectivity index (χ2n) is 5.49. The van der Waals surface area contributed by atoms with Crippen LogP contribution in [-0.2, 0) is 0 Å². The van der Waals surface area contributed by atoms with Crippen LogP contribution in [0.5, 0.6) is 0 Å². The van der Waals surface area contributed by atoms with Gasteiger partial charge in [0.1, 0.15) is 5.54 Å². The number of nitrogens with zero attached hydrogens (tertiary/aromatic N) is 2. The van der Waals surface area contributed by atoms with Crippen LogP contribution in [0.15, 0.2) is 0 Å². The largest absolute Gasteiger partial charge is 0.302 e. The second kappa shape index (κ2) is 5.16. The SMILES string of the molecule is CNC1(C#N)CCC(N(C)C(C)C(C)C)C1. The van der Waals surface area contributed by atoms with Crippen LogP contribution in [-0.4, -0.2) is 36.6 Å². The molecule has 16 heavy (non-hydrogen) atoms. The first-order valence-electron chi connectivity index (χ1n) is 6.28. The molecule has 0 radical (unpaired) electrons. The topological polar surface area (TPSA) is 39.1 Å². The average Bonchev–Trinajstić information content (AvgIpc) is 2.72. The monoisotopic (exact) mass is 223 g/mol. The highest BCUT2D eigenvalue weighted by Crippen LogP contribution is 2.33. The van der Waals surface area contributed by atoms with Gasteiger partial charge in [-0.2, -0.15) is 5.26 Å². The molecule has 1 aliphatic rings. The Labute approximate surface area is 99.8 Å². The van der Waals surface area contributed by atoms with Gasteiger partial charge in [0, 0.05) is 12.1 Å². The van der Waals surface area contributed by atoms with Crippen LogP contribution in [0.1, 0.15) is 40.0 Å². The van der Waals surface area contributed by atoms with Gasteiger partial charge in [-0.15, -0.1) is 0 Å². The lowest BCUT2D eigenvalue weighted by molar-refractivity contribution is 0.146. The van der Waals surface area contributed by atoms with Crippen LogP contribution in [0.25, 0.3) is 0 Å². The fourth-order valence-electron chi connectivity index (χ4n) is 2.55. The molecule has 0 bridgehead atoms. The van der Waals surface area contributed by atoms with Crippen molar-refractivity contribution in [2.45, 2.75) is 57.7 Å². The molecule has 0 saturated heterocycles. The van der Waals surface area contributed by atoms with E-state index in [1.807, 2.05) is 7.05 Å². The van der Waals surface area contributed by atoms with Crippen LogP contribution in [0.2, 0.25) is 0 Å². The molecule has 0 heterocycles. The molecule has 3 heteroatoms. The van der Waals surface area contributed by atoms with Crippen molar-refractivity contribution in [1.82, 2.24) is 10.2 Å². The second-order valence-corrected chi connectivity index (χ2v) is 5.49. The van der Waals surface area contributed by atoms with Gasteiger partial charge in [-0.3, -0.25) is 0 Å². The lowest BCUT2D eigenvalue weighted by atomic mass is 9.98. The first-order valence-corrected chi connectivity index (χ1v) is 6.28. The fourth-order valence-corrected chi connectivity index (χ4v) is 2.55. The minimum Gasteiger partial charge on any atom is -0.302 e. The number of nitriles is 1. The lowest BCUT2D eigenvalue weighted by Crippen LogP contribution is -2.44. The van der Waals surface area contributed by atoms with E-state index >= 15 is 0 Å². The van der Waals surface area contributed by atoms with Gasteiger partial charge in [-0.25, -0.2) is 0 Å². The number of rotatable bonds is 4. The van der Waals surface area contributed by atoms with Gasteiger partial charge < -0.3 is 10.2 Å². The molecule has 1 aliphatic carbocycles. The van der Waals surface area contributed by atoms with E-state index < -0.39 is 0 Å². The molecule has 0 aliphatic heterocycles. The molecule has 1 saturated carbocycles. The molecule has 1 rings (SSSR count). The smallest absolute Gasteiger partial charge is 0.108 e. The highest BCUT2D eigenvalue weighted by Gasteiger charge is 2.40. The van der Waals surface area contributed by atoms with Crippen molar-refractivity contribution in [2.24, 2.45) is 5.92 Å².